The van der Waals surface area contributed by atoms with Crippen molar-refractivity contribution in [3.05, 3.63) is 33.8 Å². The van der Waals surface area contributed by atoms with Crippen molar-refractivity contribution in [2.45, 2.75) is 25.6 Å². The predicted octanol–water partition coefficient (Wildman–Crippen LogP) is 3.47. The monoisotopic (exact) mass is 440 g/mol. The molecule has 158 valence electrons. The summed E-state index contributed by atoms with van der Waals surface area (Å²) < 4.78 is 37.5. The quantitative estimate of drug-likeness (QED) is 0.448. The van der Waals surface area contributed by atoms with E-state index in [1.54, 1.807) is 18.2 Å². The van der Waals surface area contributed by atoms with Gasteiger partial charge in [-0.25, -0.2) is 0 Å². The van der Waals surface area contributed by atoms with Crippen LogP contribution in [-0.4, -0.2) is 61.4 Å². The van der Waals surface area contributed by atoms with Gasteiger partial charge < -0.3 is 15.7 Å². The number of aliphatic imine (C=N–C) groups is 1. The van der Waals surface area contributed by atoms with E-state index in [1.807, 2.05) is 6.92 Å². The van der Waals surface area contributed by atoms with Crippen LogP contribution < -0.4 is 10.6 Å². The molecule has 0 spiro atoms. The molecule has 10 heteroatoms. The first-order valence-corrected chi connectivity index (χ1v) is 9.87. The highest BCUT2D eigenvalue weighted by atomic mass is 35.5. The summed E-state index contributed by atoms with van der Waals surface area (Å²) in [5.74, 6) is 0.617. The molecule has 0 aliphatic carbocycles. The molecule has 3 N–H and O–H groups in total. The zero-order valence-corrected chi connectivity index (χ0v) is 17.1. The Kier molecular flexibility index (Phi) is 8.67. The first-order valence-electron chi connectivity index (χ1n) is 9.11. The van der Waals surface area contributed by atoms with Crippen LogP contribution >= 0.6 is 23.2 Å². The lowest BCUT2D eigenvalue weighted by Gasteiger charge is -2.19. The van der Waals surface area contributed by atoms with Crippen LogP contribution in [0.3, 0.4) is 0 Å². The Morgan fingerprint density at radius 2 is 1.96 bits per heavy atom. The van der Waals surface area contributed by atoms with Crippen molar-refractivity contribution in [2.24, 2.45) is 10.9 Å². The van der Waals surface area contributed by atoms with E-state index in [1.165, 1.54) is 4.90 Å². The molecule has 1 fully saturated rings. The van der Waals surface area contributed by atoms with Crippen LogP contribution in [0.5, 0.6) is 0 Å². The largest absolute Gasteiger partial charge is 0.401 e. The van der Waals surface area contributed by atoms with Gasteiger partial charge in [0.25, 0.3) is 0 Å². The van der Waals surface area contributed by atoms with E-state index >= 15 is 0 Å². The average Bonchev–Trinajstić information content (AvgIpc) is 3.01. The minimum Gasteiger partial charge on any atom is -0.386 e. The van der Waals surface area contributed by atoms with Crippen molar-refractivity contribution in [1.82, 2.24) is 15.5 Å². The first kappa shape index (κ1) is 23.1. The van der Waals surface area contributed by atoms with E-state index in [-0.39, 0.29) is 12.5 Å². The molecule has 1 aromatic rings. The molecule has 2 unspecified atom stereocenters. The van der Waals surface area contributed by atoms with Crippen molar-refractivity contribution in [3.63, 3.8) is 0 Å². The smallest absolute Gasteiger partial charge is 0.386 e. The van der Waals surface area contributed by atoms with E-state index in [0.717, 1.165) is 0 Å². The van der Waals surface area contributed by atoms with E-state index in [2.05, 4.69) is 15.6 Å². The maximum Gasteiger partial charge on any atom is 0.401 e. The Bertz CT molecular complexity index is 652. The number of halogens is 5. The molecular weight excluding hydrogens is 416 g/mol. The molecular formula is C18H25Cl2F3N4O. The zero-order chi connectivity index (χ0) is 20.7. The lowest BCUT2D eigenvalue weighted by atomic mass is 10.1. The van der Waals surface area contributed by atoms with Gasteiger partial charge in [-0.3, -0.25) is 9.89 Å². The maximum absolute atomic E-state index is 12.5. The number of guanidine groups is 1. The molecule has 5 nitrogen and oxygen atoms in total. The number of hydrogen-bond acceptors (Lipinski definition) is 3. The lowest BCUT2D eigenvalue weighted by Crippen LogP contribution is -2.41. The fourth-order valence-corrected chi connectivity index (χ4v) is 3.65. The Morgan fingerprint density at radius 3 is 2.57 bits per heavy atom. The molecule has 0 aromatic heterocycles. The van der Waals surface area contributed by atoms with E-state index in [9.17, 15) is 18.3 Å². The van der Waals surface area contributed by atoms with Gasteiger partial charge in [0.05, 0.1) is 19.2 Å². The van der Waals surface area contributed by atoms with Crippen LogP contribution in [0.15, 0.2) is 23.2 Å². The molecule has 1 aromatic carbocycles. The second-order valence-electron chi connectivity index (χ2n) is 6.82. The third-order valence-electron chi connectivity index (χ3n) is 4.37. The second-order valence-corrected chi connectivity index (χ2v) is 7.70. The normalized spacial score (nSPS) is 19.7. The Hall–Kier alpha value is -1.22. The predicted molar refractivity (Wildman–Crippen MR) is 106 cm³/mol. The first-order chi connectivity index (χ1) is 13.2. The van der Waals surface area contributed by atoms with Crippen molar-refractivity contribution in [3.8, 4) is 0 Å². The van der Waals surface area contributed by atoms with Gasteiger partial charge >= 0.3 is 6.18 Å². The summed E-state index contributed by atoms with van der Waals surface area (Å²) in [4.78, 5) is 5.77. The van der Waals surface area contributed by atoms with Gasteiger partial charge in [-0.2, -0.15) is 13.2 Å². The molecule has 1 aliphatic rings. The molecule has 1 saturated heterocycles. The number of aliphatic hydroxyl groups excluding tert-OH is 1. The van der Waals surface area contributed by atoms with E-state index in [0.29, 0.717) is 54.2 Å². The van der Waals surface area contributed by atoms with E-state index in [4.69, 9.17) is 23.2 Å². The van der Waals surface area contributed by atoms with Crippen LogP contribution in [0.2, 0.25) is 10.0 Å². The van der Waals surface area contributed by atoms with Gasteiger partial charge in [0, 0.05) is 29.7 Å². The van der Waals surface area contributed by atoms with Gasteiger partial charge in [-0.05, 0) is 49.6 Å². The van der Waals surface area contributed by atoms with Gasteiger partial charge in [-0.15, -0.1) is 0 Å². The van der Waals surface area contributed by atoms with Crippen LogP contribution in [0.4, 0.5) is 13.2 Å². The zero-order valence-electron chi connectivity index (χ0n) is 15.6. The second kappa shape index (κ2) is 10.5. The van der Waals surface area contributed by atoms with Gasteiger partial charge in [-0.1, -0.05) is 23.2 Å². The highest BCUT2D eigenvalue weighted by Crippen LogP contribution is 2.24. The van der Waals surface area contributed by atoms with Crippen molar-refractivity contribution >= 4 is 29.2 Å². The topological polar surface area (TPSA) is 59.9 Å². The number of benzene rings is 1. The Labute approximate surface area is 172 Å². The van der Waals surface area contributed by atoms with Crippen LogP contribution in [0.25, 0.3) is 0 Å². The standard InChI is InChI=1S/C18H25Cl2F3N4O/c1-2-24-17(25-8-12-3-4-27(10-12)11-18(21,22)23)26-9-16(28)13-5-14(19)7-15(20)6-13/h5-7,12,16,28H,2-4,8-11H2,1H3,(H2,24,25,26). The van der Waals surface area contributed by atoms with Gasteiger partial charge in [0.2, 0.25) is 0 Å². The summed E-state index contributed by atoms with van der Waals surface area (Å²) in [6, 6.07) is 4.83. The van der Waals surface area contributed by atoms with Crippen LogP contribution in [0, 0.1) is 5.92 Å². The summed E-state index contributed by atoms with van der Waals surface area (Å²) in [7, 11) is 0. The summed E-state index contributed by atoms with van der Waals surface area (Å²) in [5, 5.41) is 17.4. The van der Waals surface area contributed by atoms with Crippen molar-refractivity contribution < 1.29 is 18.3 Å². The average molecular weight is 441 g/mol. The number of nitrogens with one attached hydrogen (secondary N) is 2. The molecule has 1 heterocycles. The summed E-state index contributed by atoms with van der Waals surface area (Å²) in [6.45, 7) is 3.10. The fraction of sp³-hybridized carbons (Fsp3) is 0.611. The number of aliphatic hydroxyl groups is 1. The summed E-state index contributed by atoms with van der Waals surface area (Å²) in [5.41, 5.74) is 0.565. The Morgan fingerprint density at radius 1 is 1.29 bits per heavy atom. The highest BCUT2D eigenvalue weighted by Gasteiger charge is 2.34. The minimum absolute atomic E-state index is 0.0941. The lowest BCUT2D eigenvalue weighted by molar-refractivity contribution is -0.143. The molecule has 0 radical (unpaired) electrons. The third-order valence-corrected chi connectivity index (χ3v) is 4.80. The maximum atomic E-state index is 12.5. The number of likely N-dealkylation sites (tertiary alicyclic amines) is 1. The van der Waals surface area contributed by atoms with Crippen molar-refractivity contribution in [1.29, 1.82) is 0 Å². The molecule has 2 rings (SSSR count). The summed E-state index contributed by atoms with van der Waals surface area (Å²) >= 11 is 11.9. The van der Waals surface area contributed by atoms with Crippen molar-refractivity contribution in [2.75, 3.05) is 39.3 Å². The minimum atomic E-state index is -4.17. The molecule has 0 amide bonds. The number of rotatable bonds is 7. The van der Waals surface area contributed by atoms with E-state index < -0.39 is 18.8 Å². The SMILES string of the molecule is CCNC(=NCC(O)c1cc(Cl)cc(Cl)c1)NCC1CCN(CC(F)(F)F)C1. The van der Waals surface area contributed by atoms with Crippen LogP contribution in [0.1, 0.15) is 25.0 Å². The highest BCUT2D eigenvalue weighted by molar-refractivity contribution is 6.34. The molecule has 0 bridgehead atoms. The molecule has 28 heavy (non-hydrogen) atoms. The number of alkyl halides is 3. The summed E-state index contributed by atoms with van der Waals surface area (Å²) in [6.07, 6.45) is -4.34. The van der Waals surface area contributed by atoms with Gasteiger partial charge in [0.1, 0.15) is 0 Å². The van der Waals surface area contributed by atoms with Gasteiger partial charge in [0.15, 0.2) is 5.96 Å². The Balaban J connectivity index is 1.87. The molecule has 2 atom stereocenters. The molecule has 0 saturated carbocycles. The fourth-order valence-electron chi connectivity index (χ4n) is 3.11. The van der Waals surface area contributed by atoms with Crippen LogP contribution in [-0.2, 0) is 0 Å². The third kappa shape index (κ3) is 8.03. The molecule has 1 aliphatic heterocycles. The number of nitrogens with zero attached hydrogens (tertiary/aromatic N) is 2. The number of hydrogen-bond donors (Lipinski definition) is 3.